The molecule has 272 valence electrons. The van der Waals surface area contributed by atoms with Crippen molar-refractivity contribution in [2.24, 2.45) is 5.92 Å². The van der Waals surface area contributed by atoms with Gasteiger partial charge in [0.1, 0.15) is 22.3 Å². The van der Waals surface area contributed by atoms with Crippen LogP contribution in [0, 0.1) is 5.92 Å². The van der Waals surface area contributed by atoms with Gasteiger partial charge < -0.3 is 8.83 Å². The molecule has 3 heterocycles. The zero-order chi connectivity index (χ0) is 38.2. The van der Waals surface area contributed by atoms with Gasteiger partial charge in [-0.2, -0.15) is 0 Å². The van der Waals surface area contributed by atoms with E-state index in [-0.39, 0.29) is 0 Å². The van der Waals surface area contributed by atoms with Crippen LogP contribution in [-0.4, -0.2) is 15.0 Å². The molecule has 10 aromatic rings. The number of nitrogens with zero attached hydrogens (tertiary/aromatic N) is 3. The highest BCUT2D eigenvalue weighted by atomic mass is 16.3. The zero-order valence-electron chi connectivity index (χ0n) is 31.2. The zero-order valence-corrected chi connectivity index (χ0v) is 31.2. The summed E-state index contributed by atoms with van der Waals surface area (Å²) < 4.78 is 12.8. The molecule has 2 atom stereocenters. The Morgan fingerprint density at radius 1 is 0.397 bits per heavy atom. The molecule has 0 aliphatic heterocycles. The Hall–Kier alpha value is -7.63. The molecule has 5 heteroatoms. The molecule has 0 fully saturated rings. The van der Waals surface area contributed by atoms with Crippen LogP contribution < -0.4 is 0 Å². The highest BCUT2D eigenvalue weighted by Crippen LogP contribution is 2.43. The first-order valence-corrected chi connectivity index (χ1v) is 19.7. The van der Waals surface area contributed by atoms with Crippen LogP contribution >= 0.6 is 0 Å². The van der Waals surface area contributed by atoms with Crippen LogP contribution in [0.1, 0.15) is 17.0 Å². The van der Waals surface area contributed by atoms with Crippen LogP contribution in [0.15, 0.2) is 191 Å². The number of para-hydroxylation sites is 1. The summed E-state index contributed by atoms with van der Waals surface area (Å²) in [7, 11) is 0. The summed E-state index contributed by atoms with van der Waals surface area (Å²) in [6.45, 7) is 0. The van der Waals surface area contributed by atoms with Gasteiger partial charge in [0.2, 0.25) is 0 Å². The van der Waals surface area contributed by atoms with Crippen molar-refractivity contribution in [3.63, 3.8) is 0 Å². The van der Waals surface area contributed by atoms with Crippen LogP contribution in [0.4, 0.5) is 0 Å². The van der Waals surface area contributed by atoms with Crippen molar-refractivity contribution in [1.82, 2.24) is 15.0 Å². The van der Waals surface area contributed by atoms with Crippen molar-refractivity contribution in [3.8, 4) is 56.4 Å². The minimum atomic E-state index is 0.353. The number of benzene rings is 7. The number of rotatable bonds is 5. The molecule has 2 unspecified atom stereocenters. The standard InChI is InChI=1S/C53H33N3O2/c1-2-12-34(13-3-1)51-54-52(56-53(55-51)42-19-10-22-48-50(42)41-17-6-7-20-45(41)57-48)38-15-8-14-37(29-38)40-18-9-21-47-49(40)44-31-36(27-28-46(44)58-47)35-26-25-33-24-23-32-11-4-5-16-39(32)43(33)30-35/h1-32,39H. The summed E-state index contributed by atoms with van der Waals surface area (Å²) in [5.74, 6) is 2.54. The van der Waals surface area contributed by atoms with Crippen molar-refractivity contribution in [3.05, 3.63) is 193 Å². The fraction of sp³-hybridized carbons (Fsp3) is 0.0377. The van der Waals surface area contributed by atoms with Crippen molar-refractivity contribution in [1.29, 1.82) is 0 Å². The lowest BCUT2D eigenvalue weighted by atomic mass is 9.76. The van der Waals surface area contributed by atoms with E-state index in [1.807, 2.05) is 60.7 Å². The monoisotopic (exact) mass is 743 g/mol. The molecule has 0 N–H and O–H groups in total. The number of hydrogen-bond acceptors (Lipinski definition) is 5. The number of allylic oxidation sites excluding steroid dienone is 5. The summed E-state index contributed by atoms with van der Waals surface area (Å²) in [5, 5.41) is 4.18. The lowest BCUT2D eigenvalue weighted by Crippen LogP contribution is -2.13. The van der Waals surface area contributed by atoms with E-state index in [0.717, 1.165) is 77.3 Å². The number of hydrogen-bond donors (Lipinski definition) is 0. The summed E-state index contributed by atoms with van der Waals surface area (Å²) in [6, 6.07) is 52.5. The van der Waals surface area contributed by atoms with E-state index < -0.39 is 0 Å². The topological polar surface area (TPSA) is 65.0 Å². The molecule has 0 radical (unpaired) electrons. The number of aromatic nitrogens is 3. The van der Waals surface area contributed by atoms with Crippen LogP contribution in [0.2, 0.25) is 0 Å². The molecule has 0 spiro atoms. The van der Waals surface area contributed by atoms with E-state index in [1.165, 1.54) is 16.7 Å². The lowest BCUT2D eigenvalue weighted by Gasteiger charge is -2.27. The van der Waals surface area contributed by atoms with Crippen LogP contribution in [0.3, 0.4) is 0 Å². The van der Waals surface area contributed by atoms with Crippen molar-refractivity contribution < 1.29 is 8.83 Å². The Balaban J connectivity index is 0.994. The maximum Gasteiger partial charge on any atom is 0.164 e. The Morgan fingerprint density at radius 2 is 1.03 bits per heavy atom. The maximum absolute atomic E-state index is 6.50. The Labute approximate surface area is 334 Å². The molecule has 5 nitrogen and oxygen atoms in total. The first kappa shape index (κ1) is 32.6. The first-order chi connectivity index (χ1) is 28.7. The third-order valence-corrected chi connectivity index (χ3v) is 11.7. The predicted octanol–water partition coefficient (Wildman–Crippen LogP) is 13.9. The van der Waals surface area contributed by atoms with E-state index in [0.29, 0.717) is 29.3 Å². The third kappa shape index (κ3) is 5.28. The van der Waals surface area contributed by atoms with E-state index >= 15 is 0 Å². The van der Waals surface area contributed by atoms with E-state index in [4.69, 9.17) is 23.8 Å². The number of furan rings is 2. The second-order valence-corrected chi connectivity index (χ2v) is 15.1. The molecule has 0 bridgehead atoms. The average Bonchev–Trinajstić information content (AvgIpc) is 3.87. The van der Waals surface area contributed by atoms with Crippen molar-refractivity contribution in [2.45, 2.75) is 5.92 Å². The third-order valence-electron chi connectivity index (χ3n) is 11.7. The molecule has 0 saturated heterocycles. The number of fused-ring (bicyclic) bond motifs is 9. The maximum atomic E-state index is 6.50. The van der Waals surface area contributed by atoms with Crippen LogP contribution in [0.25, 0.3) is 106 Å². The highest BCUT2D eigenvalue weighted by Gasteiger charge is 2.25. The molecule has 0 amide bonds. The smallest absolute Gasteiger partial charge is 0.164 e. The van der Waals surface area contributed by atoms with Gasteiger partial charge in [-0.3, -0.25) is 0 Å². The average molecular weight is 744 g/mol. The van der Waals surface area contributed by atoms with Gasteiger partial charge in [-0.05, 0) is 75.8 Å². The fourth-order valence-corrected chi connectivity index (χ4v) is 8.90. The molecule has 2 aliphatic rings. The molecular formula is C53H33N3O2. The quantitative estimate of drug-likeness (QED) is 0.176. The Bertz CT molecular complexity index is 3370. The lowest BCUT2D eigenvalue weighted by molar-refractivity contribution is 0.668. The first-order valence-electron chi connectivity index (χ1n) is 19.7. The van der Waals surface area contributed by atoms with Crippen LogP contribution in [-0.2, 0) is 0 Å². The van der Waals surface area contributed by atoms with Gasteiger partial charge in [-0.1, -0.05) is 146 Å². The SMILES string of the molecule is C1=CC2C=Cc3ccc(-c4ccc5oc6cccc(-c7cccc(-c8nc(-c9ccccc9)nc(-c9cccc%10oc%11ccccc%11c9%10)n8)c7)c6c5c4)cc3C2C=C1. The summed E-state index contributed by atoms with van der Waals surface area (Å²) in [5.41, 5.74) is 13.2. The largest absolute Gasteiger partial charge is 0.456 e. The van der Waals surface area contributed by atoms with Gasteiger partial charge in [0.25, 0.3) is 0 Å². The molecule has 3 aromatic heterocycles. The van der Waals surface area contributed by atoms with E-state index in [9.17, 15) is 0 Å². The fourth-order valence-electron chi connectivity index (χ4n) is 8.90. The predicted molar refractivity (Wildman–Crippen MR) is 235 cm³/mol. The van der Waals surface area contributed by atoms with E-state index in [1.54, 1.807) is 0 Å². The molecular weight excluding hydrogens is 711 g/mol. The summed E-state index contributed by atoms with van der Waals surface area (Å²) in [4.78, 5) is 15.3. The van der Waals surface area contributed by atoms with Crippen molar-refractivity contribution in [2.75, 3.05) is 0 Å². The summed E-state index contributed by atoms with van der Waals surface area (Å²) in [6.07, 6.45) is 13.5. The minimum absolute atomic E-state index is 0.353. The van der Waals surface area contributed by atoms with Gasteiger partial charge in [0.05, 0.1) is 0 Å². The normalized spacial score (nSPS) is 15.7. The van der Waals surface area contributed by atoms with Crippen molar-refractivity contribution >= 4 is 50.0 Å². The molecule has 58 heavy (non-hydrogen) atoms. The molecule has 2 aliphatic carbocycles. The van der Waals surface area contributed by atoms with Crippen LogP contribution in [0.5, 0.6) is 0 Å². The molecule has 0 saturated carbocycles. The second kappa shape index (κ2) is 13.0. The second-order valence-electron chi connectivity index (χ2n) is 15.1. The summed E-state index contributed by atoms with van der Waals surface area (Å²) >= 11 is 0. The van der Waals surface area contributed by atoms with Gasteiger partial charge in [-0.25, -0.2) is 15.0 Å². The molecule has 12 rings (SSSR count). The Kier molecular flexibility index (Phi) is 7.29. The van der Waals surface area contributed by atoms with Gasteiger partial charge >= 0.3 is 0 Å². The van der Waals surface area contributed by atoms with Gasteiger partial charge in [-0.15, -0.1) is 0 Å². The molecule has 7 aromatic carbocycles. The highest BCUT2D eigenvalue weighted by molar-refractivity contribution is 6.14. The van der Waals surface area contributed by atoms with Gasteiger partial charge in [0, 0.05) is 50.1 Å². The minimum Gasteiger partial charge on any atom is -0.456 e. The van der Waals surface area contributed by atoms with Gasteiger partial charge in [0.15, 0.2) is 17.5 Å². The Morgan fingerprint density at radius 3 is 1.91 bits per heavy atom. The van der Waals surface area contributed by atoms with E-state index in [2.05, 4.69) is 127 Å².